The second-order valence-electron chi connectivity index (χ2n) is 5.06. The number of rotatable bonds is 2. The minimum Gasteiger partial charge on any atom is -0.333 e. The number of amides is 1. The molecule has 0 bridgehead atoms. The molecule has 1 fully saturated rings. The Bertz CT molecular complexity index is 666. The van der Waals surface area contributed by atoms with Gasteiger partial charge in [0.05, 0.1) is 5.52 Å². The maximum Gasteiger partial charge on any atom is 0.272 e. The summed E-state index contributed by atoms with van der Waals surface area (Å²) in [5, 5.41) is 1.60. The van der Waals surface area contributed by atoms with Crippen molar-refractivity contribution in [2.75, 3.05) is 13.1 Å². The highest BCUT2D eigenvalue weighted by Gasteiger charge is 2.28. The molecule has 2 aromatic rings. The number of likely N-dealkylation sites (tertiary alicyclic amines) is 1. The highest BCUT2D eigenvalue weighted by Crippen LogP contribution is 2.21. The van der Waals surface area contributed by atoms with Gasteiger partial charge in [0.25, 0.3) is 5.91 Å². The van der Waals surface area contributed by atoms with E-state index in [4.69, 9.17) is 17.3 Å². The van der Waals surface area contributed by atoms with Crippen LogP contribution in [-0.4, -0.2) is 34.9 Å². The molecule has 0 spiro atoms. The molecule has 1 unspecified atom stereocenters. The number of carbonyl (C=O) groups is 1. The van der Waals surface area contributed by atoms with Gasteiger partial charge in [-0.1, -0.05) is 23.7 Å². The Morgan fingerprint density at radius 1 is 1.32 bits per heavy atom. The summed E-state index contributed by atoms with van der Waals surface area (Å²) in [5.41, 5.74) is 6.92. The predicted octanol–water partition coefficient (Wildman–Crippen LogP) is 3.30. The average Bonchev–Trinajstić information content (AvgIpc) is 2.94. The van der Waals surface area contributed by atoms with Crippen molar-refractivity contribution in [1.29, 1.82) is 0 Å². The molecule has 7 heteroatoms. The molecule has 0 saturated carbocycles. The van der Waals surface area contributed by atoms with Crippen LogP contribution in [0.2, 0.25) is 5.02 Å². The topological polar surface area (TPSA) is 59.2 Å². The van der Waals surface area contributed by atoms with E-state index in [1.54, 1.807) is 12.1 Å². The molecule has 4 nitrogen and oxygen atoms in total. The predicted molar refractivity (Wildman–Crippen MR) is 94.4 cm³/mol. The molecule has 0 aliphatic carbocycles. The lowest BCUT2D eigenvalue weighted by Crippen LogP contribution is -2.40. The van der Waals surface area contributed by atoms with E-state index in [-0.39, 0.29) is 36.8 Å². The summed E-state index contributed by atoms with van der Waals surface area (Å²) < 4.78 is 0. The zero-order chi connectivity index (χ0) is 14.1. The standard InChI is InChI=1S/C15H16ClN3O.2ClH/c16-11-5-3-10-4-6-13(18-14(10)8-11)15(20)19-7-1-2-12(19)9-17;;/h3-6,8,12H,1-2,7,9,17H2;2*1H. The molecule has 1 amide bonds. The van der Waals surface area contributed by atoms with Crippen molar-refractivity contribution in [2.24, 2.45) is 5.73 Å². The average molecular weight is 363 g/mol. The molecule has 1 saturated heterocycles. The van der Waals surface area contributed by atoms with E-state index >= 15 is 0 Å². The maximum atomic E-state index is 12.5. The lowest BCUT2D eigenvalue weighted by atomic mass is 10.2. The third-order valence-electron chi connectivity index (χ3n) is 3.78. The van der Waals surface area contributed by atoms with Crippen LogP contribution in [0.25, 0.3) is 10.9 Å². The van der Waals surface area contributed by atoms with Crippen LogP contribution in [0, 0.1) is 0 Å². The number of fused-ring (bicyclic) bond motifs is 1. The number of hydrogen-bond acceptors (Lipinski definition) is 3. The quantitative estimate of drug-likeness (QED) is 0.891. The molecule has 1 aromatic heterocycles. The Morgan fingerprint density at radius 3 is 2.77 bits per heavy atom. The van der Waals surface area contributed by atoms with E-state index < -0.39 is 0 Å². The minimum absolute atomic E-state index is 0. The van der Waals surface area contributed by atoms with Gasteiger partial charge in [-0.15, -0.1) is 24.8 Å². The minimum atomic E-state index is -0.0418. The van der Waals surface area contributed by atoms with Crippen molar-refractivity contribution in [1.82, 2.24) is 9.88 Å². The Hall–Kier alpha value is -1.07. The Labute approximate surface area is 146 Å². The van der Waals surface area contributed by atoms with Crippen molar-refractivity contribution < 1.29 is 4.79 Å². The first-order valence-electron chi connectivity index (χ1n) is 6.76. The summed E-state index contributed by atoms with van der Waals surface area (Å²) in [4.78, 5) is 18.8. The Kier molecular flexibility index (Phi) is 6.88. The van der Waals surface area contributed by atoms with Gasteiger partial charge in [0, 0.05) is 29.5 Å². The molecule has 22 heavy (non-hydrogen) atoms. The van der Waals surface area contributed by atoms with E-state index in [1.165, 1.54) is 0 Å². The largest absolute Gasteiger partial charge is 0.333 e. The van der Waals surface area contributed by atoms with Crippen molar-refractivity contribution in [3.8, 4) is 0 Å². The van der Waals surface area contributed by atoms with Gasteiger partial charge in [-0.2, -0.15) is 0 Å². The molecule has 2 heterocycles. The van der Waals surface area contributed by atoms with Crippen LogP contribution in [0.15, 0.2) is 30.3 Å². The third kappa shape index (κ3) is 3.63. The van der Waals surface area contributed by atoms with E-state index in [0.29, 0.717) is 17.3 Å². The van der Waals surface area contributed by atoms with Gasteiger partial charge in [-0.3, -0.25) is 4.79 Å². The van der Waals surface area contributed by atoms with Gasteiger partial charge >= 0.3 is 0 Å². The number of aromatic nitrogens is 1. The van der Waals surface area contributed by atoms with E-state index in [1.807, 2.05) is 23.1 Å². The molecule has 120 valence electrons. The molecular formula is C15H18Cl3N3O. The van der Waals surface area contributed by atoms with Crippen molar-refractivity contribution in [3.63, 3.8) is 0 Å². The Balaban J connectivity index is 0.00000121. The normalized spacial score (nSPS) is 17.0. The molecule has 1 atom stereocenters. The van der Waals surface area contributed by atoms with Crippen LogP contribution in [0.3, 0.4) is 0 Å². The lowest BCUT2D eigenvalue weighted by Gasteiger charge is -2.23. The molecule has 1 aromatic carbocycles. The number of hydrogen-bond donors (Lipinski definition) is 1. The fraction of sp³-hybridized carbons (Fsp3) is 0.333. The first kappa shape index (κ1) is 19.0. The smallest absolute Gasteiger partial charge is 0.272 e. The monoisotopic (exact) mass is 361 g/mol. The summed E-state index contributed by atoms with van der Waals surface area (Å²) in [7, 11) is 0. The van der Waals surface area contributed by atoms with Crippen LogP contribution >= 0.6 is 36.4 Å². The number of pyridine rings is 1. The first-order chi connectivity index (χ1) is 9.69. The van der Waals surface area contributed by atoms with Crippen LogP contribution in [0.1, 0.15) is 23.3 Å². The maximum absolute atomic E-state index is 12.5. The first-order valence-corrected chi connectivity index (χ1v) is 7.14. The number of benzene rings is 1. The van der Waals surface area contributed by atoms with Crippen LogP contribution < -0.4 is 5.73 Å². The summed E-state index contributed by atoms with van der Waals surface area (Å²) in [5.74, 6) is -0.0418. The molecular weight excluding hydrogens is 345 g/mol. The number of nitrogens with two attached hydrogens (primary N) is 1. The molecule has 1 aliphatic rings. The number of nitrogens with zero attached hydrogens (tertiary/aromatic N) is 2. The number of halogens is 3. The summed E-state index contributed by atoms with van der Waals surface area (Å²) in [6.45, 7) is 1.26. The van der Waals surface area contributed by atoms with Gasteiger partial charge in [-0.05, 0) is 31.0 Å². The van der Waals surface area contributed by atoms with Crippen LogP contribution in [-0.2, 0) is 0 Å². The third-order valence-corrected chi connectivity index (χ3v) is 4.02. The Morgan fingerprint density at radius 2 is 2.05 bits per heavy atom. The van der Waals surface area contributed by atoms with Gasteiger partial charge in [0.2, 0.25) is 0 Å². The molecule has 2 N–H and O–H groups in total. The lowest BCUT2D eigenvalue weighted by molar-refractivity contribution is 0.0735. The van der Waals surface area contributed by atoms with Gasteiger partial charge in [0.1, 0.15) is 5.69 Å². The highest BCUT2D eigenvalue weighted by atomic mass is 35.5. The van der Waals surface area contributed by atoms with Gasteiger partial charge in [-0.25, -0.2) is 4.98 Å². The SMILES string of the molecule is Cl.Cl.NCC1CCCN1C(=O)c1ccc2ccc(Cl)cc2n1. The van der Waals surface area contributed by atoms with E-state index in [0.717, 1.165) is 30.3 Å². The second-order valence-corrected chi connectivity index (χ2v) is 5.50. The van der Waals surface area contributed by atoms with E-state index in [9.17, 15) is 4.79 Å². The molecule has 0 radical (unpaired) electrons. The van der Waals surface area contributed by atoms with Gasteiger partial charge < -0.3 is 10.6 Å². The molecule has 1 aliphatic heterocycles. The highest BCUT2D eigenvalue weighted by molar-refractivity contribution is 6.31. The van der Waals surface area contributed by atoms with E-state index in [2.05, 4.69) is 4.98 Å². The van der Waals surface area contributed by atoms with Crippen molar-refractivity contribution in [3.05, 3.63) is 41.0 Å². The second kappa shape index (κ2) is 7.97. The van der Waals surface area contributed by atoms with Crippen molar-refractivity contribution in [2.45, 2.75) is 18.9 Å². The zero-order valence-corrected chi connectivity index (χ0v) is 14.3. The molecule has 3 rings (SSSR count). The summed E-state index contributed by atoms with van der Waals surface area (Å²) in [6, 6.07) is 9.30. The van der Waals surface area contributed by atoms with Crippen molar-refractivity contribution >= 4 is 53.2 Å². The zero-order valence-electron chi connectivity index (χ0n) is 11.9. The fourth-order valence-electron chi connectivity index (χ4n) is 2.70. The number of carbonyl (C=O) groups excluding carboxylic acids is 1. The van der Waals surface area contributed by atoms with Crippen LogP contribution in [0.5, 0.6) is 0 Å². The fourth-order valence-corrected chi connectivity index (χ4v) is 2.87. The van der Waals surface area contributed by atoms with Gasteiger partial charge in [0.15, 0.2) is 0 Å². The summed E-state index contributed by atoms with van der Waals surface area (Å²) in [6.07, 6.45) is 1.98. The van der Waals surface area contributed by atoms with Crippen LogP contribution in [0.4, 0.5) is 0 Å². The summed E-state index contributed by atoms with van der Waals surface area (Å²) >= 11 is 5.97.